The lowest BCUT2D eigenvalue weighted by Gasteiger charge is -1.85. The summed E-state index contributed by atoms with van der Waals surface area (Å²) in [5.74, 6) is 0. The van der Waals surface area contributed by atoms with Crippen molar-refractivity contribution in [1.29, 1.82) is 0 Å². The number of hydrogen-bond donors (Lipinski definition) is 0. The molecule has 2 nitrogen and oxygen atoms in total. The highest BCUT2D eigenvalue weighted by Crippen LogP contribution is 2.16. The first-order chi connectivity index (χ1) is 4.86. The minimum absolute atomic E-state index is 0.661. The molecule has 50 valence electrons. The van der Waals surface area contributed by atoms with E-state index in [0.29, 0.717) is 5.52 Å². The van der Waals surface area contributed by atoms with Crippen LogP contribution in [0.2, 0.25) is 0 Å². The zero-order valence-corrected chi connectivity index (χ0v) is 5.73. The zero-order chi connectivity index (χ0) is 6.97. The molecule has 10 heavy (non-hydrogen) atoms. The maximum atomic E-state index is 12.3. The summed E-state index contributed by atoms with van der Waals surface area (Å²) in [6.07, 6.45) is 0.827. The fourth-order valence-corrected chi connectivity index (χ4v) is 1.43. The Morgan fingerprint density at radius 1 is 1.50 bits per heavy atom. The van der Waals surface area contributed by atoms with Crippen molar-refractivity contribution >= 4 is 21.6 Å². The van der Waals surface area contributed by atoms with Crippen LogP contribution in [0, 0.1) is 6.08 Å². The molecule has 2 heterocycles. The summed E-state index contributed by atoms with van der Waals surface area (Å²) in [6.45, 7) is 0. The maximum Gasteiger partial charge on any atom is 0.309 e. The first-order valence-corrected chi connectivity index (χ1v) is 3.60. The highest BCUT2D eigenvalue weighted by molar-refractivity contribution is 7.17. The number of nitrogens with zero attached hydrogens (tertiary/aromatic N) is 2. The molecule has 0 aliphatic rings. The molecule has 0 atom stereocenters. The van der Waals surface area contributed by atoms with Crippen molar-refractivity contribution in [2.24, 2.45) is 0 Å². The van der Waals surface area contributed by atoms with Crippen LogP contribution in [0.15, 0.2) is 17.6 Å². The van der Waals surface area contributed by atoms with Gasteiger partial charge in [0.1, 0.15) is 0 Å². The van der Waals surface area contributed by atoms with E-state index in [1.807, 2.05) is 5.38 Å². The lowest BCUT2D eigenvalue weighted by molar-refractivity contribution is 0.545. The van der Waals surface area contributed by atoms with Crippen LogP contribution in [-0.4, -0.2) is 9.97 Å². The minimum atomic E-state index is -0.661. The van der Waals surface area contributed by atoms with Crippen LogP contribution in [0.3, 0.4) is 0 Å². The normalized spacial score (nSPS) is 10.5. The number of aromatic nitrogens is 2. The molecule has 4 heteroatoms. The van der Waals surface area contributed by atoms with Gasteiger partial charge in [-0.1, -0.05) is 0 Å². The van der Waals surface area contributed by atoms with Crippen molar-refractivity contribution in [2.75, 3.05) is 0 Å². The Labute approximate surface area is 60.4 Å². The quantitative estimate of drug-likeness (QED) is 0.541. The first-order valence-electron chi connectivity index (χ1n) is 2.72. The molecule has 0 spiro atoms. The van der Waals surface area contributed by atoms with Gasteiger partial charge in [-0.3, -0.25) is 0 Å². The van der Waals surface area contributed by atoms with E-state index in [1.54, 1.807) is 6.07 Å². The van der Waals surface area contributed by atoms with Crippen LogP contribution in [-0.2, 0) is 0 Å². The maximum absolute atomic E-state index is 12.3. The molecule has 2 aromatic heterocycles. The van der Waals surface area contributed by atoms with Gasteiger partial charge in [0.25, 0.3) is 0 Å². The molecule has 0 N–H and O–H groups in total. The molecule has 2 rings (SSSR count). The summed E-state index contributed by atoms with van der Waals surface area (Å²) in [5, 5.41) is 1.86. The molecule has 0 radical (unpaired) electrons. The van der Waals surface area contributed by atoms with Crippen molar-refractivity contribution in [2.45, 2.75) is 0 Å². The summed E-state index contributed by atoms with van der Waals surface area (Å²) >= 11 is 1.50. The Morgan fingerprint density at radius 2 is 2.40 bits per heavy atom. The summed E-state index contributed by atoms with van der Waals surface area (Å²) in [4.78, 5) is 6.98. The molecular weight excluding hydrogens is 151 g/mol. The van der Waals surface area contributed by atoms with Gasteiger partial charge < -0.3 is 0 Å². The van der Waals surface area contributed by atoms with Gasteiger partial charge >= 0.3 is 6.08 Å². The SMILES string of the molecule is Fc1ncc2sccc2n1. The number of fused-ring (bicyclic) bond motifs is 1. The van der Waals surface area contributed by atoms with Crippen LogP contribution in [0.5, 0.6) is 0 Å². The molecule has 0 saturated heterocycles. The summed E-state index contributed by atoms with van der Waals surface area (Å²) in [7, 11) is 0. The first kappa shape index (κ1) is 5.73. The fourth-order valence-electron chi connectivity index (χ4n) is 0.743. The Morgan fingerprint density at radius 3 is 3.30 bits per heavy atom. The second-order valence-electron chi connectivity index (χ2n) is 1.81. The van der Waals surface area contributed by atoms with Gasteiger partial charge in [-0.15, -0.1) is 11.3 Å². The second kappa shape index (κ2) is 1.98. The average Bonchev–Trinajstić information content (AvgIpc) is 2.33. The number of halogens is 1. The topological polar surface area (TPSA) is 25.8 Å². The van der Waals surface area contributed by atoms with Gasteiger partial charge in [0, 0.05) is 0 Å². The van der Waals surface area contributed by atoms with E-state index in [2.05, 4.69) is 9.97 Å². The number of rotatable bonds is 0. The molecule has 0 fully saturated rings. The molecule has 0 amide bonds. The van der Waals surface area contributed by atoms with Crippen molar-refractivity contribution in [3.8, 4) is 0 Å². The lowest BCUT2D eigenvalue weighted by Crippen LogP contribution is -1.84. The van der Waals surface area contributed by atoms with Crippen LogP contribution in [0.1, 0.15) is 0 Å². The van der Waals surface area contributed by atoms with E-state index in [0.717, 1.165) is 4.70 Å². The van der Waals surface area contributed by atoms with Crippen LogP contribution in [0.4, 0.5) is 4.39 Å². The molecule has 0 unspecified atom stereocenters. The molecular formula is C6H3FN2S. The van der Waals surface area contributed by atoms with Crippen LogP contribution in [0.25, 0.3) is 10.2 Å². The molecule has 0 aromatic carbocycles. The third-order valence-corrected chi connectivity index (χ3v) is 2.02. The lowest BCUT2D eigenvalue weighted by atomic mass is 10.5. The third-order valence-electron chi connectivity index (χ3n) is 1.17. The van der Waals surface area contributed by atoms with E-state index in [1.165, 1.54) is 17.5 Å². The van der Waals surface area contributed by atoms with E-state index in [4.69, 9.17) is 0 Å². The Hall–Kier alpha value is -1.03. The molecule has 0 aliphatic carbocycles. The van der Waals surface area contributed by atoms with E-state index in [9.17, 15) is 4.39 Å². The third kappa shape index (κ3) is 0.769. The Balaban J connectivity index is 2.86. The fraction of sp³-hybridized carbons (Fsp3) is 0. The summed E-state index contributed by atoms with van der Waals surface area (Å²) < 4.78 is 13.2. The highest BCUT2D eigenvalue weighted by atomic mass is 32.1. The predicted octanol–water partition coefficient (Wildman–Crippen LogP) is 1.83. The van der Waals surface area contributed by atoms with Gasteiger partial charge in [-0.2, -0.15) is 4.39 Å². The summed E-state index contributed by atoms with van der Waals surface area (Å²) in [5.41, 5.74) is 0.678. The van der Waals surface area contributed by atoms with Gasteiger partial charge in [-0.05, 0) is 11.4 Å². The van der Waals surface area contributed by atoms with Crippen LogP contribution >= 0.6 is 11.3 Å². The predicted molar refractivity (Wildman–Crippen MR) is 37.4 cm³/mol. The molecule has 0 bridgehead atoms. The van der Waals surface area contributed by atoms with Gasteiger partial charge in [0.2, 0.25) is 0 Å². The van der Waals surface area contributed by atoms with E-state index in [-0.39, 0.29) is 0 Å². The van der Waals surface area contributed by atoms with Gasteiger partial charge in [0.05, 0.1) is 16.4 Å². The molecule has 2 aromatic rings. The van der Waals surface area contributed by atoms with E-state index >= 15 is 0 Å². The number of thiophene rings is 1. The second-order valence-corrected chi connectivity index (χ2v) is 2.76. The van der Waals surface area contributed by atoms with Crippen LogP contribution < -0.4 is 0 Å². The van der Waals surface area contributed by atoms with Crippen molar-refractivity contribution in [1.82, 2.24) is 9.97 Å². The van der Waals surface area contributed by atoms with E-state index < -0.39 is 6.08 Å². The van der Waals surface area contributed by atoms with Crippen molar-refractivity contribution in [3.63, 3.8) is 0 Å². The molecule has 0 aliphatic heterocycles. The van der Waals surface area contributed by atoms with Crippen molar-refractivity contribution in [3.05, 3.63) is 23.7 Å². The van der Waals surface area contributed by atoms with Crippen molar-refractivity contribution < 1.29 is 4.39 Å². The summed E-state index contributed by atoms with van der Waals surface area (Å²) in [6, 6.07) is 1.77. The molecule has 0 saturated carbocycles. The monoisotopic (exact) mass is 154 g/mol. The van der Waals surface area contributed by atoms with Gasteiger partial charge in [-0.25, -0.2) is 9.97 Å². The van der Waals surface area contributed by atoms with Gasteiger partial charge in [0.15, 0.2) is 0 Å². The minimum Gasteiger partial charge on any atom is -0.209 e. The standard InChI is InChI=1S/C6H3FN2S/c7-6-8-3-5-4(9-6)1-2-10-5/h1-3H. The average molecular weight is 154 g/mol. The Kier molecular flexibility index (Phi) is 1.14. The smallest absolute Gasteiger partial charge is 0.209 e. The Bertz CT molecular complexity index is 357. The number of hydrogen-bond acceptors (Lipinski definition) is 3. The largest absolute Gasteiger partial charge is 0.309 e. The zero-order valence-electron chi connectivity index (χ0n) is 4.91. The highest BCUT2D eigenvalue weighted by Gasteiger charge is 1.97.